The van der Waals surface area contributed by atoms with Gasteiger partial charge in [-0.15, -0.1) is 0 Å². The zero-order valence-corrected chi connectivity index (χ0v) is 16.8. The first-order valence-corrected chi connectivity index (χ1v) is 9.64. The number of nitrogens with one attached hydrogen (secondary N) is 1. The van der Waals surface area contributed by atoms with Gasteiger partial charge in [0.15, 0.2) is 6.10 Å². The van der Waals surface area contributed by atoms with E-state index < -0.39 is 12.1 Å². The standard InChI is InChI=1S/C24H25NO4/c1-16(2)28-15-18-11-13-20(14-12-18)24(27)29-17(3)23(26)25-22-10-6-8-19-7-4-5-9-21(19)22/h4-14,16-17H,15H2,1-3H3,(H,25,26)/t17-/m1/s1. The first kappa shape index (κ1) is 20.6. The molecule has 0 heterocycles. The fourth-order valence-electron chi connectivity index (χ4n) is 2.85. The van der Waals surface area contributed by atoms with Gasteiger partial charge in [-0.3, -0.25) is 4.79 Å². The Balaban J connectivity index is 1.61. The lowest BCUT2D eigenvalue weighted by molar-refractivity contribution is -0.123. The number of anilines is 1. The molecule has 0 aliphatic heterocycles. The highest BCUT2D eigenvalue weighted by molar-refractivity contribution is 6.04. The van der Waals surface area contributed by atoms with Crippen molar-refractivity contribution in [1.82, 2.24) is 0 Å². The second kappa shape index (κ2) is 9.34. The van der Waals surface area contributed by atoms with E-state index in [1.807, 2.05) is 68.4 Å². The summed E-state index contributed by atoms with van der Waals surface area (Å²) in [6.07, 6.45) is -0.786. The van der Waals surface area contributed by atoms with E-state index in [-0.39, 0.29) is 12.0 Å². The normalized spacial score (nSPS) is 12.0. The highest BCUT2D eigenvalue weighted by Gasteiger charge is 2.19. The van der Waals surface area contributed by atoms with Crippen molar-refractivity contribution in [1.29, 1.82) is 0 Å². The Kier molecular flexibility index (Phi) is 6.62. The summed E-state index contributed by atoms with van der Waals surface area (Å²) < 4.78 is 10.9. The summed E-state index contributed by atoms with van der Waals surface area (Å²) >= 11 is 0. The molecule has 0 aliphatic rings. The average molecular weight is 391 g/mol. The van der Waals surface area contributed by atoms with E-state index in [1.54, 1.807) is 19.1 Å². The molecule has 0 aromatic heterocycles. The number of carbonyl (C=O) groups is 2. The minimum Gasteiger partial charge on any atom is -0.449 e. The lowest BCUT2D eigenvalue weighted by Crippen LogP contribution is -2.30. The number of amides is 1. The fraction of sp³-hybridized carbons (Fsp3) is 0.250. The summed E-state index contributed by atoms with van der Waals surface area (Å²) in [5, 5.41) is 4.80. The summed E-state index contributed by atoms with van der Waals surface area (Å²) in [5.74, 6) is -0.918. The van der Waals surface area contributed by atoms with Crippen LogP contribution in [0.3, 0.4) is 0 Å². The molecule has 0 fully saturated rings. The van der Waals surface area contributed by atoms with E-state index >= 15 is 0 Å². The molecule has 150 valence electrons. The number of benzene rings is 3. The van der Waals surface area contributed by atoms with Crippen LogP contribution in [0.5, 0.6) is 0 Å². The van der Waals surface area contributed by atoms with Crippen LogP contribution in [0.25, 0.3) is 10.8 Å². The number of rotatable bonds is 7. The quantitative estimate of drug-likeness (QED) is 0.579. The number of hydrogen-bond acceptors (Lipinski definition) is 4. The smallest absolute Gasteiger partial charge is 0.338 e. The molecule has 1 atom stereocenters. The van der Waals surface area contributed by atoms with Gasteiger partial charge >= 0.3 is 5.97 Å². The molecule has 0 bridgehead atoms. The van der Waals surface area contributed by atoms with Gasteiger partial charge in [-0.05, 0) is 49.9 Å². The van der Waals surface area contributed by atoms with Gasteiger partial charge in [0, 0.05) is 11.1 Å². The minimum absolute atomic E-state index is 0.140. The van der Waals surface area contributed by atoms with Crippen molar-refractivity contribution in [3.63, 3.8) is 0 Å². The lowest BCUT2D eigenvalue weighted by atomic mass is 10.1. The van der Waals surface area contributed by atoms with Crippen molar-refractivity contribution >= 4 is 28.3 Å². The van der Waals surface area contributed by atoms with Crippen LogP contribution in [-0.4, -0.2) is 24.1 Å². The van der Waals surface area contributed by atoms with Crippen LogP contribution in [0, 0.1) is 0 Å². The van der Waals surface area contributed by atoms with Gasteiger partial charge in [-0.1, -0.05) is 48.5 Å². The third-order valence-electron chi connectivity index (χ3n) is 4.47. The molecule has 0 aliphatic carbocycles. The van der Waals surface area contributed by atoms with Crippen LogP contribution in [-0.2, 0) is 20.9 Å². The van der Waals surface area contributed by atoms with Crippen molar-refractivity contribution in [3.8, 4) is 0 Å². The van der Waals surface area contributed by atoms with Crippen LogP contribution in [0.1, 0.15) is 36.7 Å². The summed E-state index contributed by atoms with van der Waals surface area (Å²) in [7, 11) is 0. The first-order chi connectivity index (χ1) is 13.9. The van der Waals surface area contributed by atoms with E-state index in [2.05, 4.69) is 5.32 Å². The van der Waals surface area contributed by atoms with Crippen molar-refractivity contribution in [2.45, 2.75) is 39.6 Å². The topological polar surface area (TPSA) is 64.6 Å². The molecule has 0 spiro atoms. The second-order valence-electron chi connectivity index (χ2n) is 7.12. The second-order valence-corrected chi connectivity index (χ2v) is 7.12. The highest BCUT2D eigenvalue weighted by atomic mass is 16.5. The first-order valence-electron chi connectivity index (χ1n) is 9.64. The van der Waals surface area contributed by atoms with Crippen molar-refractivity contribution in [2.24, 2.45) is 0 Å². The molecule has 3 aromatic carbocycles. The predicted molar refractivity (Wildman–Crippen MR) is 114 cm³/mol. The average Bonchev–Trinajstić information content (AvgIpc) is 2.72. The number of esters is 1. The summed E-state index contributed by atoms with van der Waals surface area (Å²) in [5.41, 5.74) is 2.05. The van der Waals surface area contributed by atoms with E-state index in [0.717, 1.165) is 16.3 Å². The molecule has 0 saturated heterocycles. The maximum Gasteiger partial charge on any atom is 0.338 e. The highest BCUT2D eigenvalue weighted by Crippen LogP contribution is 2.23. The zero-order valence-electron chi connectivity index (χ0n) is 16.8. The van der Waals surface area contributed by atoms with Crippen molar-refractivity contribution in [2.75, 3.05) is 5.32 Å². The molecular weight excluding hydrogens is 366 g/mol. The Hall–Kier alpha value is -3.18. The fourth-order valence-corrected chi connectivity index (χ4v) is 2.85. The largest absolute Gasteiger partial charge is 0.449 e. The summed E-state index contributed by atoms with van der Waals surface area (Å²) in [6.45, 7) is 5.98. The Morgan fingerprint density at radius 1 is 0.897 bits per heavy atom. The summed E-state index contributed by atoms with van der Waals surface area (Å²) in [6, 6.07) is 20.4. The molecule has 0 saturated carbocycles. The molecule has 1 N–H and O–H groups in total. The van der Waals surface area contributed by atoms with E-state index in [0.29, 0.717) is 17.9 Å². The predicted octanol–water partition coefficient (Wildman–Crippen LogP) is 4.95. The van der Waals surface area contributed by atoms with Crippen molar-refractivity contribution < 1.29 is 19.1 Å². The number of ether oxygens (including phenoxy) is 2. The number of hydrogen-bond donors (Lipinski definition) is 1. The van der Waals surface area contributed by atoms with Gasteiger partial charge in [0.25, 0.3) is 5.91 Å². The number of carbonyl (C=O) groups excluding carboxylic acids is 2. The Bertz CT molecular complexity index is 990. The molecule has 5 nitrogen and oxygen atoms in total. The third kappa shape index (κ3) is 5.42. The third-order valence-corrected chi connectivity index (χ3v) is 4.47. The molecule has 0 unspecified atom stereocenters. The molecule has 1 amide bonds. The minimum atomic E-state index is -0.926. The molecule has 3 rings (SSSR count). The Morgan fingerprint density at radius 3 is 2.31 bits per heavy atom. The van der Waals surface area contributed by atoms with Gasteiger partial charge in [0.1, 0.15) is 0 Å². The van der Waals surface area contributed by atoms with Crippen LogP contribution in [0.2, 0.25) is 0 Å². The van der Waals surface area contributed by atoms with Gasteiger partial charge in [-0.2, -0.15) is 0 Å². The van der Waals surface area contributed by atoms with Crippen molar-refractivity contribution in [3.05, 3.63) is 77.9 Å². The Morgan fingerprint density at radius 2 is 1.59 bits per heavy atom. The monoisotopic (exact) mass is 391 g/mol. The van der Waals surface area contributed by atoms with E-state index in [1.165, 1.54) is 0 Å². The maximum atomic E-state index is 12.5. The van der Waals surface area contributed by atoms with E-state index in [4.69, 9.17) is 9.47 Å². The van der Waals surface area contributed by atoms with Gasteiger partial charge in [0.2, 0.25) is 0 Å². The SMILES string of the molecule is CC(C)OCc1ccc(C(=O)O[C@H](C)C(=O)Nc2cccc3ccccc23)cc1. The Labute approximate surface area is 170 Å². The van der Waals surface area contributed by atoms with Crippen LogP contribution in [0.15, 0.2) is 66.7 Å². The molecule has 29 heavy (non-hydrogen) atoms. The molecule has 5 heteroatoms. The molecule has 0 radical (unpaired) electrons. The van der Waals surface area contributed by atoms with Crippen LogP contribution >= 0.6 is 0 Å². The molecular formula is C24H25NO4. The zero-order chi connectivity index (χ0) is 20.8. The van der Waals surface area contributed by atoms with Gasteiger partial charge in [-0.25, -0.2) is 4.79 Å². The number of fused-ring (bicyclic) bond motifs is 1. The molecule has 3 aromatic rings. The van der Waals surface area contributed by atoms with Gasteiger partial charge in [0.05, 0.1) is 18.3 Å². The summed E-state index contributed by atoms with van der Waals surface area (Å²) in [4.78, 5) is 24.9. The van der Waals surface area contributed by atoms with Gasteiger partial charge < -0.3 is 14.8 Å². The van der Waals surface area contributed by atoms with Crippen LogP contribution in [0.4, 0.5) is 5.69 Å². The lowest BCUT2D eigenvalue weighted by Gasteiger charge is -2.15. The van der Waals surface area contributed by atoms with E-state index in [9.17, 15) is 9.59 Å². The maximum absolute atomic E-state index is 12.5. The van der Waals surface area contributed by atoms with Crippen LogP contribution < -0.4 is 5.32 Å².